The molecule has 8 aliphatic carbocycles. The van der Waals surface area contributed by atoms with Gasteiger partial charge in [-0.05, 0) is 244 Å². The maximum Gasteiger partial charge on any atom is -0.00268 e. The molecule has 0 heterocycles. The van der Waals surface area contributed by atoms with Gasteiger partial charge in [0, 0.05) is 0 Å². The largest absolute Gasteiger partial charge is 0.0885 e. The first kappa shape index (κ1) is 82.2. The van der Waals surface area contributed by atoms with Crippen LogP contribution >= 0.6 is 0 Å². The molecule has 0 spiro atoms. The Morgan fingerprint density at radius 1 is 0.115 bits per heavy atom. The summed E-state index contributed by atoms with van der Waals surface area (Å²) < 4.78 is 0. The fourth-order valence-corrected chi connectivity index (χ4v) is 16.0. The van der Waals surface area contributed by atoms with Crippen molar-refractivity contribution in [3.63, 3.8) is 0 Å². The summed E-state index contributed by atoms with van der Waals surface area (Å²) in [5, 5.41) is 40.0. The lowest BCUT2D eigenvalue weighted by Gasteiger charge is -2.09. The van der Waals surface area contributed by atoms with Gasteiger partial charge in [-0.15, -0.1) is 0 Å². The van der Waals surface area contributed by atoms with E-state index in [4.69, 9.17) is 0 Å². The zero-order valence-corrected chi connectivity index (χ0v) is 70.5. The predicted molar refractivity (Wildman–Crippen MR) is 542 cm³/mol. The van der Waals surface area contributed by atoms with Crippen molar-refractivity contribution in [3.05, 3.63) is 449 Å². The van der Waals surface area contributed by atoms with Crippen molar-refractivity contribution in [2.75, 3.05) is 0 Å². The Labute approximate surface area is 721 Å². The summed E-state index contributed by atoms with van der Waals surface area (Å²) >= 11 is 0. The molecule has 0 heteroatoms. The molecular formula is C122H110. The summed E-state index contributed by atoms with van der Waals surface area (Å²) in [6, 6.07) is 126. The standard InChI is InChI=1S/4C18H12.C16H10.C6H10.C5H8.C5H6.C4H8.C4H6.C4H4.C3H6.C3H4/c1-3-7-16-13(5-1)9-11-15-12-10-14-6-2-4-8-17(14)18(15)16;1-3-7-15-13(5-1)9-11-18-16-8-4-2-6-14(16)10-12-17(15)18;1-2-8-14-13(7-1)15-9-3-4-11-17(15)18-12-6-5-10-16(14)18;1-2-7-15-12-18-16(11-14(15)6-1)10-9-13-5-3-4-8-17(13)18;1-3-11-7-9-13-5-2-6-14-10-8-12(4-1)15(11)16(13)14;1-2-4-6-5-3-1;2*1-2-4-5-3-1;3*1-2-4-3-1;2*1-2-3-1/h4*1-12H;1-10H;1-2H,3-6H2;1-2H,3-5H2;1-4H,5H2;1-4H2;1-2H,3-4H2;1-4H;1-3H2;1-2H,3H2. The van der Waals surface area contributed by atoms with E-state index >= 15 is 0 Å². The van der Waals surface area contributed by atoms with Crippen LogP contribution in [-0.4, -0.2) is 0 Å². The van der Waals surface area contributed by atoms with Crippen LogP contribution in [0, 0.1) is 0 Å². The van der Waals surface area contributed by atoms with Gasteiger partial charge in [-0.2, -0.15) is 0 Å². The molecule has 2 fully saturated rings. The lowest BCUT2D eigenvalue weighted by atomic mass is 9.95. The zero-order valence-electron chi connectivity index (χ0n) is 70.5. The zero-order chi connectivity index (χ0) is 82.4. The normalized spacial score (nSPS) is 13.9. The minimum Gasteiger partial charge on any atom is -0.0885 e. The Morgan fingerprint density at radius 3 is 0.615 bits per heavy atom. The molecule has 0 radical (unpaired) electrons. The number of hydrogen-bond acceptors (Lipinski definition) is 0. The summed E-state index contributed by atoms with van der Waals surface area (Å²) in [5.74, 6) is 0. The van der Waals surface area contributed by atoms with Crippen molar-refractivity contribution in [1.82, 2.24) is 0 Å². The minimum atomic E-state index is 1.14. The number of hydrogen-bond donors (Lipinski definition) is 0. The lowest BCUT2D eigenvalue weighted by molar-refractivity contribution is 0.504. The highest BCUT2D eigenvalue weighted by molar-refractivity contribution is 6.26. The van der Waals surface area contributed by atoms with E-state index in [1.165, 1.54) is 271 Å². The molecule has 0 aliphatic heterocycles. The molecule has 0 aromatic heterocycles. The molecule has 0 N–H and O–H groups in total. The van der Waals surface area contributed by atoms with Crippen molar-refractivity contribution in [1.29, 1.82) is 0 Å². The SMILES string of the molecule is C1=CC1.C1=CC=C1.C1=CCC1.C1=CCC=C1.C1=CCCC1.C1=CCCCC1.C1CC1.C1CCC1.c1cc2ccc3cccc4ccc(c1)c2c34.c1ccc2c(c1)c1ccccc1c1ccccc21.c1ccc2c(c1)ccc1c3ccccc3ccc21.c1ccc2c(c1)ccc1ccc3ccccc3c12.c1ccc2cc3c(ccc4ccccc43)cc2c1. The molecule has 0 bridgehead atoms. The van der Waals surface area contributed by atoms with Crippen LogP contribution in [0.1, 0.15) is 116 Å². The van der Waals surface area contributed by atoms with E-state index in [1.807, 2.05) is 24.3 Å². The Balaban J connectivity index is 0.000000103. The molecule has 8 aliphatic rings. The highest BCUT2D eigenvalue weighted by atomic mass is 14.1. The van der Waals surface area contributed by atoms with E-state index < -0.39 is 0 Å². The topological polar surface area (TPSA) is 0 Å². The van der Waals surface area contributed by atoms with Crippen LogP contribution < -0.4 is 0 Å². The first-order valence-electron chi connectivity index (χ1n) is 44.7. The van der Waals surface area contributed by atoms with E-state index in [1.54, 1.807) is 0 Å². The van der Waals surface area contributed by atoms with Gasteiger partial charge in [0.05, 0.1) is 0 Å². The van der Waals surface area contributed by atoms with Gasteiger partial charge in [0.25, 0.3) is 0 Å². The smallest absolute Gasteiger partial charge is 0.00268 e. The molecule has 20 aromatic rings. The molecule has 122 heavy (non-hydrogen) atoms. The summed E-state index contributed by atoms with van der Waals surface area (Å²) in [5.41, 5.74) is 0. The first-order chi connectivity index (χ1) is 60.7. The van der Waals surface area contributed by atoms with Crippen molar-refractivity contribution in [2.24, 2.45) is 0 Å². The number of benzene rings is 20. The first-order valence-corrected chi connectivity index (χ1v) is 44.7. The van der Waals surface area contributed by atoms with Gasteiger partial charge in [0.1, 0.15) is 0 Å². The van der Waals surface area contributed by atoms with E-state index in [0.717, 1.165) is 6.42 Å². The monoisotopic (exact) mass is 1570 g/mol. The fraction of sp³-hybridized carbons (Fsp3) is 0.148. The molecule has 0 saturated heterocycles. The Morgan fingerprint density at radius 2 is 0.336 bits per heavy atom. The van der Waals surface area contributed by atoms with Gasteiger partial charge in [0.15, 0.2) is 0 Å². The van der Waals surface area contributed by atoms with Crippen LogP contribution in [0.15, 0.2) is 449 Å². The maximum absolute atomic E-state index is 2.30. The average molecular weight is 1580 g/mol. The van der Waals surface area contributed by atoms with E-state index in [2.05, 4.69) is 425 Å². The van der Waals surface area contributed by atoms with Crippen LogP contribution in [-0.2, 0) is 0 Å². The minimum absolute atomic E-state index is 1.14. The quantitative estimate of drug-likeness (QED) is 0.0806. The summed E-state index contributed by atoms with van der Waals surface area (Å²) in [7, 11) is 0. The molecule has 2 saturated carbocycles. The van der Waals surface area contributed by atoms with Gasteiger partial charge in [0.2, 0.25) is 0 Å². The fourth-order valence-electron chi connectivity index (χ4n) is 16.0. The molecule has 598 valence electrons. The number of rotatable bonds is 0. The van der Waals surface area contributed by atoms with Gasteiger partial charge in [-0.25, -0.2) is 0 Å². The molecular weight excluding hydrogens is 1470 g/mol. The van der Waals surface area contributed by atoms with Crippen molar-refractivity contribution < 1.29 is 0 Å². The van der Waals surface area contributed by atoms with Crippen LogP contribution in [0.25, 0.3) is 162 Å². The molecule has 20 aromatic carbocycles. The maximum atomic E-state index is 2.30. The Bertz CT molecular complexity index is 6480. The molecule has 0 nitrogen and oxygen atoms in total. The van der Waals surface area contributed by atoms with E-state index in [0.29, 0.717) is 0 Å². The second kappa shape index (κ2) is 42.9. The second-order valence-electron chi connectivity index (χ2n) is 32.2. The summed E-state index contributed by atoms with van der Waals surface area (Å²) in [6.07, 6.45) is 59.0. The van der Waals surface area contributed by atoms with Crippen LogP contribution in [0.2, 0.25) is 0 Å². The Hall–Kier alpha value is -13.5. The number of allylic oxidation sites excluding steroid dienone is 16. The molecule has 0 amide bonds. The highest BCUT2D eigenvalue weighted by Gasteiger charge is 2.11. The predicted octanol–water partition coefficient (Wildman–Crippen LogP) is 36.6. The molecule has 0 atom stereocenters. The van der Waals surface area contributed by atoms with Gasteiger partial charge in [-0.1, -0.05) is 482 Å². The van der Waals surface area contributed by atoms with E-state index in [9.17, 15) is 0 Å². The van der Waals surface area contributed by atoms with Gasteiger partial charge >= 0.3 is 0 Å². The third-order valence-corrected chi connectivity index (χ3v) is 23.4. The third kappa shape index (κ3) is 21.5. The number of fused-ring (bicyclic) bond motifs is 20. The van der Waals surface area contributed by atoms with Gasteiger partial charge in [-0.3, -0.25) is 0 Å². The molecule has 0 unspecified atom stereocenters. The highest BCUT2D eigenvalue weighted by Crippen LogP contribution is 2.39. The van der Waals surface area contributed by atoms with E-state index in [-0.39, 0.29) is 0 Å². The van der Waals surface area contributed by atoms with Crippen LogP contribution in [0.5, 0.6) is 0 Å². The average Bonchev–Trinajstić information content (AvgIpc) is 0.959. The third-order valence-electron chi connectivity index (χ3n) is 23.4. The summed E-state index contributed by atoms with van der Waals surface area (Å²) in [6.45, 7) is 0. The second-order valence-corrected chi connectivity index (χ2v) is 32.2. The molecule has 28 rings (SSSR count). The summed E-state index contributed by atoms with van der Waals surface area (Å²) in [4.78, 5) is 0. The lowest BCUT2D eigenvalue weighted by Crippen LogP contribution is -1.85. The Kier molecular flexibility index (Phi) is 28.9. The van der Waals surface area contributed by atoms with Gasteiger partial charge < -0.3 is 0 Å². The van der Waals surface area contributed by atoms with Crippen molar-refractivity contribution in [2.45, 2.75) is 116 Å². The van der Waals surface area contributed by atoms with Crippen LogP contribution in [0.3, 0.4) is 0 Å². The van der Waals surface area contributed by atoms with Crippen molar-refractivity contribution >= 4 is 162 Å². The van der Waals surface area contributed by atoms with Crippen LogP contribution in [0.4, 0.5) is 0 Å². The van der Waals surface area contributed by atoms with Crippen molar-refractivity contribution in [3.8, 4) is 0 Å².